The molecule has 1 aliphatic rings. The predicted octanol–water partition coefficient (Wildman–Crippen LogP) is 3.88. The van der Waals surface area contributed by atoms with Crippen LogP contribution in [0, 0.1) is 11.3 Å². The van der Waals surface area contributed by atoms with Gasteiger partial charge in [-0.05, 0) is 44.2 Å². The van der Waals surface area contributed by atoms with E-state index in [9.17, 15) is 0 Å². The normalized spacial score (nSPS) is 19.5. The van der Waals surface area contributed by atoms with Crippen LogP contribution in [0.1, 0.15) is 59.3 Å². The molecule has 1 atom stereocenters. The van der Waals surface area contributed by atoms with E-state index in [1.165, 1.54) is 71.2 Å². The average Bonchev–Trinajstić information content (AvgIpc) is 2.44. The summed E-state index contributed by atoms with van der Waals surface area (Å²) in [7, 11) is 4.05. The molecule has 1 heterocycles. The molecule has 0 radical (unpaired) electrons. The topological polar surface area (TPSA) is 15.7 Å². The molecule has 3 nitrogen and oxygen atoms in total. The van der Waals surface area contributed by atoms with Crippen LogP contribution in [0.3, 0.4) is 0 Å². The lowest BCUT2D eigenvalue weighted by atomic mass is 9.81. The third kappa shape index (κ3) is 9.81. The highest BCUT2D eigenvalue weighted by Crippen LogP contribution is 2.29. The van der Waals surface area contributed by atoms with E-state index in [0.29, 0.717) is 5.41 Å². The molecule has 1 rings (SSSR count). The molecular formula is C19H40N2O. The average molecular weight is 313 g/mol. The lowest BCUT2D eigenvalue weighted by Crippen LogP contribution is -2.44. The zero-order valence-electron chi connectivity index (χ0n) is 15.9. The number of hydrogen-bond donors (Lipinski definition) is 0. The third-order valence-corrected chi connectivity index (χ3v) is 4.81. The van der Waals surface area contributed by atoms with Crippen LogP contribution >= 0.6 is 0 Å². The van der Waals surface area contributed by atoms with E-state index < -0.39 is 0 Å². The Hall–Kier alpha value is -0.120. The zero-order chi connectivity index (χ0) is 16.4. The highest BCUT2D eigenvalue weighted by molar-refractivity contribution is 4.71. The Kier molecular flexibility index (Phi) is 9.62. The third-order valence-electron chi connectivity index (χ3n) is 4.81. The van der Waals surface area contributed by atoms with Crippen LogP contribution in [0.25, 0.3) is 0 Å². The molecule has 0 aliphatic carbocycles. The van der Waals surface area contributed by atoms with Crippen molar-refractivity contribution in [2.24, 2.45) is 11.3 Å². The number of piperazine rings is 1. The van der Waals surface area contributed by atoms with E-state index in [-0.39, 0.29) is 0 Å². The summed E-state index contributed by atoms with van der Waals surface area (Å²) in [6.45, 7) is 14.3. The zero-order valence-corrected chi connectivity index (χ0v) is 15.9. The van der Waals surface area contributed by atoms with Crippen LogP contribution in [0.15, 0.2) is 0 Å². The van der Waals surface area contributed by atoms with Crippen molar-refractivity contribution in [3.63, 3.8) is 0 Å². The first-order valence-corrected chi connectivity index (χ1v) is 9.30. The fourth-order valence-corrected chi connectivity index (χ4v) is 3.52. The molecule has 0 bridgehead atoms. The summed E-state index contributed by atoms with van der Waals surface area (Å²) < 4.78 is 5.29. The van der Waals surface area contributed by atoms with Gasteiger partial charge in [0.1, 0.15) is 0 Å². The van der Waals surface area contributed by atoms with Crippen LogP contribution in [0.2, 0.25) is 0 Å². The Morgan fingerprint density at radius 3 is 2.23 bits per heavy atom. The molecule has 1 saturated heterocycles. The molecular weight excluding hydrogens is 272 g/mol. The lowest BCUT2D eigenvalue weighted by Gasteiger charge is -2.32. The summed E-state index contributed by atoms with van der Waals surface area (Å²) in [4.78, 5) is 5.07. The van der Waals surface area contributed by atoms with Crippen LogP contribution in [0.5, 0.6) is 0 Å². The van der Waals surface area contributed by atoms with Crippen molar-refractivity contribution in [3.8, 4) is 0 Å². The molecule has 1 aliphatic heterocycles. The molecule has 3 heteroatoms. The summed E-state index contributed by atoms with van der Waals surface area (Å²) >= 11 is 0. The molecule has 0 unspecified atom stereocenters. The smallest absolute Gasteiger partial charge is 0.0464 e. The van der Waals surface area contributed by atoms with Gasteiger partial charge in [0.2, 0.25) is 0 Å². The van der Waals surface area contributed by atoms with E-state index in [1.54, 1.807) is 0 Å². The number of rotatable bonds is 10. The lowest BCUT2D eigenvalue weighted by molar-refractivity contribution is 0.149. The summed E-state index contributed by atoms with van der Waals surface area (Å²) in [5.74, 6) is 0.837. The Labute approximate surface area is 139 Å². The fraction of sp³-hybridized carbons (Fsp3) is 1.00. The number of unbranched alkanes of at least 4 members (excludes halogenated alkanes) is 2. The standard InChI is InChI=1S/C19H40N2O/c1-19(2,3)17-18(10-16-22-5)9-7-6-8-11-21-14-12-20(4)13-15-21/h18H,6-17H2,1-5H3/t18-/m0/s1. The van der Waals surface area contributed by atoms with Gasteiger partial charge in [0.15, 0.2) is 0 Å². The van der Waals surface area contributed by atoms with Crippen molar-refractivity contribution in [2.45, 2.75) is 59.3 Å². The maximum atomic E-state index is 5.29. The van der Waals surface area contributed by atoms with Crippen molar-refractivity contribution in [1.29, 1.82) is 0 Å². The van der Waals surface area contributed by atoms with Gasteiger partial charge in [-0.2, -0.15) is 0 Å². The molecule has 22 heavy (non-hydrogen) atoms. The van der Waals surface area contributed by atoms with Crippen molar-refractivity contribution in [2.75, 3.05) is 53.5 Å². The Morgan fingerprint density at radius 1 is 0.955 bits per heavy atom. The van der Waals surface area contributed by atoms with Crippen molar-refractivity contribution in [1.82, 2.24) is 9.80 Å². The quantitative estimate of drug-likeness (QED) is 0.569. The number of hydrogen-bond acceptors (Lipinski definition) is 3. The molecule has 0 aromatic heterocycles. The second kappa shape index (κ2) is 10.6. The SMILES string of the molecule is COCC[C@H](CCCCCN1CCN(C)CC1)CC(C)(C)C. The minimum Gasteiger partial charge on any atom is -0.385 e. The summed E-state index contributed by atoms with van der Waals surface area (Å²) in [6.07, 6.45) is 8.08. The van der Waals surface area contributed by atoms with Crippen molar-refractivity contribution < 1.29 is 4.74 Å². The van der Waals surface area contributed by atoms with Crippen molar-refractivity contribution >= 4 is 0 Å². The van der Waals surface area contributed by atoms with E-state index in [1.807, 2.05) is 7.11 Å². The van der Waals surface area contributed by atoms with Crippen LogP contribution in [0.4, 0.5) is 0 Å². The minimum absolute atomic E-state index is 0.443. The van der Waals surface area contributed by atoms with E-state index >= 15 is 0 Å². The van der Waals surface area contributed by atoms with Gasteiger partial charge in [0.25, 0.3) is 0 Å². The largest absolute Gasteiger partial charge is 0.385 e. The van der Waals surface area contributed by atoms with E-state index in [2.05, 4.69) is 37.6 Å². The first-order chi connectivity index (χ1) is 10.4. The summed E-state index contributed by atoms with van der Waals surface area (Å²) in [5.41, 5.74) is 0.443. The van der Waals surface area contributed by atoms with Gasteiger partial charge in [-0.1, -0.05) is 40.0 Å². The second-order valence-electron chi connectivity index (χ2n) is 8.41. The highest BCUT2D eigenvalue weighted by atomic mass is 16.5. The first-order valence-electron chi connectivity index (χ1n) is 9.30. The van der Waals surface area contributed by atoms with Gasteiger partial charge in [-0.3, -0.25) is 0 Å². The van der Waals surface area contributed by atoms with Gasteiger partial charge in [0, 0.05) is 39.9 Å². The van der Waals surface area contributed by atoms with Gasteiger partial charge in [-0.25, -0.2) is 0 Å². The Bertz CT molecular complexity index is 267. The van der Waals surface area contributed by atoms with E-state index in [4.69, 9.17) is 4.74 Å². The monoisotopic (exact) mass is 312 g/mol. The van der Waals surface area contributed by atoms with Gasteiger partial charge in [0.05, 0.1) is 0 Å². The fourth-order valence-electron chi connectivity index (χ4n) is 3.52. The summed E-state index contributed by atoms with van der Waals surface area (Å²) in [5, 5.41) is 0. The molecule has 0 saturated carbocycles. The van der Waals surface area contributed by atoms with Gasteiger partial charge >= 0.3 is 0 Å². The molecule has 0 spiro atoms. The Balaban J connectivity index is 2.11. The molecule has 0 aromatic carbocycles. The molecule has 132 valence electrons. The number of likely N-dealkylation sites (N-methyl/N-ethyl adjacent to an activating group) is 1. The maximum absolute atomic E-state index is 5.29. The maximum Gasteiger partial charge on any atom is 0.0464 e. The number of methoxy groups -OCH3 is 1. The van der Waals surface area contributed by atoms with Gasteiger partial charge in [-0.15, -0.1) is 0 Å². The van der Waals surface area contributed by atoms with E-state index in [0.717, 1.165) is 12.5 Å². The van der Waals surface area contributed by atoms with Gasteiger partial charge < -0.3 is 14.5 Å². The molecule has 0 aromatic rings. The second-order valence-corrected chi connectivity index (χ2v) is 8.41. The Morgan fingerprint density at radius 2 is 1.64 bits per heavy atom. The number of ether oxygens (including phenoxy) is 1. The van der Waals surface area contributed by atoms with Crippen LogP contribution < -0.4 is 0 Å². The first kappa shape index (κ1) is 19.9. The van der Waals surface area contributed by atoms with Crippen LogP contribution in [-0.2, 0) is 4.74 Å². The molecule has 1 fully saturated rings. The molecule has 0 amide bonds. The van der Waals surface area contributed by atoms with Crippen LogP contribution in [-0.4, -0.2) is 63.3 Å². The number of nitrogens with zero attached hydrogens (tertiary/aromatic N) is 2. The summed E-state index contributed by atoms with van der Waals surface area (Å²) in [6, 6.07) is 0. The molecule has 0 N–H and O–H groups in total. The predicted molar refractivity (Wildman–Crippen MR) is 96.5 cm³/mol. The van der Waals surface area contributed by atoms with Crippen molar-refractivity contribution in [3.05, 3.63) is 0 Å². The highest BCUT2D eigenvalue weighted by Gasteiger charge is 2.18. The minimum atomic E-state index is 0.443.